The molecule has 0 radical (unpaired) electrons. The molecule has 1 saturated heterocycles. The molecule has 1 saturated carbocycles. The summed E-state index contributed by atoms with van der Waals surface area (Å²) in [5, 5.41) is 5.17. The maximum absolute atomic E-state index is 14.3. The molecule has 0 unspecified atom stereocenters. The lowest BCUT2D eigenvalue weighted by Crippen LogP contribution is -2.52. The Labute approximate surface area is 145 Å². The van der Waals surface area contributed by atoms with E-state index in [1.54, 1.807) is 12.1 Å². The Hall–Kier alpha value is -1.40. The molecule has 7 heteroatoms. The van der Waals surface area contributed by atoms with Gasteiger partial charge in [0.2, 0.25) is 0 Å². The summed E-state index contributed by atoms with van der Waals surface area (Å²) in [5.74, 6) is -0.678. The van der Waals surface area contributed by atoms with Gasteiger partial charge >= 0.3 is 6.03 Å². The van der Waals surface area contributed by atoms with Crippen molar-refractivity contribution in [1.29, 1.82) is 0 Å². The van der Waals surface area contributed by atoms with Gasteiger partial charge in [0.15, 0.2) is 0 Å². The van der Waals surface area contributed by atoms with Crippen molar-refractivity contribution in [3.05, 3.63) is 38.6 Å². The summed E-state index contributed by atoms with van der Waals surface area (Å²) in [6, 6.07) is 2.99. The van der Waals surface area contributed by atoms with Gasteiger partial charge in [-0.15, -0.1) is 0 Å². The minimum atomic E-state index is -0.830. The molecule has 1 aromatic carbocycles. The smallest absolute Gasteiger partial charge is 0.322 e. The Balaban J connectivity index is 1.71. The molecule has 0 bridgehead atoms. The van der Waals surface area contributed by atoms with E-state index >= 15 is 0 Å². The molecule has 1 aliphatic heterocycles. The number of rotatable bonds is 0. The molecule has 4 nitrogen and oxygen atoms in total. The fourth-order valence-corrected chi connectivity index (χ4v) is 5.01. The molecule has 0 atom stereocenters. The second kappa shape index (κ2) is 4.80. The zero-order valence-corrected chi connectivity index (χ0v) is 14.4. The number of amides is 3. The standard InChI is InChI=1S/C16H13BrClFN2O2/c17-11-7-8-9(1-2-10(18)12(8)19)15(11)3-5-16(6-4-15)13(22)20-14(23)21-16/h1-2,7H,3-6H2,(H2,20,21,22,23). The van der Waals surface area contributed by atoms with Gasteiger partial charge in [-0.1, -0.05) is 33.6 Å². The van der Waals surface area contributed by atoms with Crippen molar-refractivity contribution in [2.45, 2.75) is 36.6 Å². The number of carbonyl (C=O) groups is 2. The highest BCUT2D eigenvalue weighted by atomic mass is 79.9. The lowest BCUT2D eigenvalue weighted by atomic mass is 9.65. The Morgan fingerprint density at radius 2 is 1.87 bits per heavy atom. The van der Waals surface area contributed by atoms with Crippen LogP contribution in [0.25, 0.3) is 6.08 Å². The number of halogens is 3. The zero-order chi connectivity index (χ0) is 16.4. The van der Waals surface area contributed by atoms with E-state index in [0.717, 1.165) is 10.0 Å². The van der Waals surface area contributed by atoms with Crippen molar-refractivity contribution in [1.82, 2.24) is 10.6 Å². The van der Waals surface area contributed by atoms with Crippen LogP contribution in [0.5, 0.6) is 0 Å². The number of urea groups is 1. The van der Waals surface area contributed by atoms with Gasteiger partial charge in [-0.05, 0) is 43.4 Å². The van der Waals surface area contributed by atoms with Crippen molar-refractivity contribution in [3.8, 4) is 0 Å². The van der Waals surface area contributed by atoms with Gasteiger partial charge in [0.1, 0.15) is 11.4 Å². The summed E-state index contributed by atoms with van der Waals surface area (Å²) in [4.78, 5) is 23.5. The minimum Gasteiger partial charge on any atom is -0.323 e. The predicted molar refractivity (Wildman–Crippen MR) is 87.9 cm³/mol. The average Bonchev–Trinajstić information content (AvgIpc) is 2.94. The molecule has 2 N–H and O–H groups in total. The van der Waals surface area contributed by atoms with Gasteiger partial charge in [-0.2, -0.15) is 0 Å². The Morgan fingerprint density at radius 1 is 1.17 bits per heavy atom. The fourth-order valence-electron chi connectivity index (χ4n) is 4.01. The highest BCUT2D eigenvalue weighted by molar-refractivity contribution is 9.11. The van der Waals surface area contributed by atoms with Gasteiger partial charge in [0, 0.05) is 15.5 Å². The summed E-state index contributed by atoms with van der Waals surface area (Å²) < 4.78 is 15.2. The number of allylic oxidation sites excluding steroid dienone is 1. The molecule has 3 amide bonds. The van der Waals surface area contributed by atoms with Crippen LogP contribution in [0.3, 0.4) is 0 Å². The lowest BCUT2D eigenvalue weighted by Gasteiger charge is -2.42. The van der Waals surface area contributed by atoms with Crippen LogP contribution in [0.15, 0.2) is 16.6 Å². The fraction of sp³-hybridized carbons (Fsp3) is 0.375. The summed E-state index contributed by atoms with van der Waals surface area (Å²) >= 11 is 9.47. The van der Waals surface area contributed by atoms with Crippen molar-refractivity contribution in [2.24, 2.45) is 0 Å². The first-order valence-corrected chi connectivity index (χ1v) is 8.55. The second-order valence-corrected chi connectivity index (χ2v) is 7.65. The molecule has 120 valence electrons. The third-order valence-corrected chi connectivity index (χ3v) is 6.63. The van der Waals surface area contributed by atoms with Crippen LogP contribution in [-0.4, -0.2) is 17.5 Å². The molecule has 4 rings (SSSR count). The Bertz CT molecular complexity index is 785. The van der Waals surface area contributed by atoms with Crippen LogP contribution in [0, 0.1) is 5.82 Å². The molecule has 2 spiro atoms. The van der Waals surface area contributed by atoms with Crippen LogP contribution in [0.1, 0.15) is 36.8 Å². The normalized spacial score (nSPS) is 32.0. The van der Waals surface area contributed by atoms with Gasteiger partial charge in [0.05, 0.1) is 5.02 Å². The number of hydrogen-bond acceptors (Lipinski definition) is 2. The molecule has 2 fully saturated rings. The number of benzene rings is 1. The SMILES string of the molecule is O=C1NC(=O)C2(CCC3(CC2)C(Br)=Cc2c3ccc(Cl)c2F)N1. The van der Waals surface area contributed by atoms with Crippen LogP contribution in [0.2, 0.25) is 5.02 Å². The largest absolute Gasteiger partial charge is 0.323 e. The van der Waals surface area contributed by atoms with Crippen molar-refractivity contribution in [2.75, 3.05) is 0 Å². The summed E-state index contributed by atoms with van der Waals surface area (Å²) in [6.45, 7) is 0. The number of carbonyl (C=O) groups excluding carboxylic acids is 2. The van der Waals surface area contributed by atoms with Crippen LogP contribution in [-0.2, 0) is 10.2 Å². The Kier molecular flexibility index (Phi) is 3.16. The lowest BCUT2D eigenvalue weighted by molar-refractivity contribution is -0.125. The quantitative estimate of drug-likeness (QED) is 0.655. The van der Waals surface area contributed by atoms with E-state index in [-0.39, 0.29) is 16.3 Å². The van der Waals surface area contributed by atoms with Crippen LogP contribution in [0.4, 0.5) is 9.18 Å². The van der Waals surface area contributed by atoms with E-state index in [1.165, 1.54) is 0 Å². The highest BCUT2D eigenvalue weighted by Crippen LogP contribution is 2.55. The van der Waals surface area contributed by atoms with Gasteiger partial charge in [-0.3, -0.25) is 10.1 Å². The maximum Gasteiger partial charge on any atom is 0.322 e. The first-order valence-electron chi connectivity index (χ1n) is 7.38. The van der Waals surface area contributed by atoms with E-state index < -0.39 is 17.4 Å². The first-order chi connectivity index (χ1) is 10.9. The molecule has 0 aromatic heterocycles. The van der Waals surface area contributed by atoms with Gasteiger partial charge in [-0.25, -0.2) is 9.18 Å². The van der Waals surface area contributed by atoms with Crippen LogP contribution < -0.4 is 10.6 Å². The molecule has 23 heavy (non-hydrogen) atoms. The topological polar surface area (TPSA) is 58.2 Å². The Morgan fingerprint density at radius 3 is 2.48 bits per heavy atom. The average molecular weight is 400 g/mol. The van der Waals surface area contributed by atoms with Gasteiger partial charge < -0.3 is 5.32 Å². The molecular formula is C16H13BrClFN2O2. The summed E-state index contributed by atoms with van der Waals surface area (Å²) in [5.41, 5.74) is 0.231. The summed E-state index contributed by atoms with van der Waals surface area (Å²) in [6.07, 6.45) is 4.09. The zero-order valence-electron chi connectivity index (χ0n) is 12.0. The van der Waals surface area contributed by atoms with Crippen molar-refractivity contribution in [3.63, 3.8) is 0 Å². The van der Waals surface area contributed by atoms with Crippen molar-refractivity contribution < 1.29 is 14.0 Å². The molecule has 1 heterocycles. The van der Waals surface area contributed by atoms with Crippen LogP contribution >= 0.6 is 27.5 Å². The molecule has 1 aromatic rings. The molecular weight excluding hydrogens is 387 g/mol. The second-order valence-electron chi connectivity index (χ2n) is 6.39. The highest BCUT2D eigenvalue weighted by Gasteiger charge is 2.54. The van der Waals surface area contributed by atoms with E-state index in [9.17, 15) is 14.0 Å². The predicted octanol–water partition coefficient (Wildman–Crippen LogP) is 3.62. The van der Waals surface area contributed by atoms with E-state index in [4.69, 9.17) is 11.6 Å². The van der Waals surface area contributed by atoms with E-state index in [2.05, 4.69) is 26.6 Å². The van der Waals surface area contributed by atoms with E-state index in [0.29, 0.717) is 31.2 Å². The minimum absolute atomic E-state index is 0.104. The third-order valence-electron chi connectivity index (χ3n) is 5.35. The molecule has 3 aliphatic rings. The third kappa shape index (κ3) is 1.94. The number of nitrogens with one attached hydrogen (secondary N) is 2. The summed E-state index contributed by atoms with van der Waals surface area (Å²) in [7, 11) is 0. The van der Waals surface area contributed by atoms with Gasteiger partial charge in [0.25, 0.3) is 5.91 Å². The number of fused-ring (bicyclic) bond motifs is 2. The molecule has 2 aliphatic carbocycles. The monoisotopic (exact) mass is 398 g/mol. The first kappa shape index (κ1) is 15.1. The number of hydrogen-bond donors (Lipinski definition) is 2. The van der Waals surface area contributed by atoms with E-state index in [1.807, 2.05) is 6.07 Å². The van der Waals surface area contributed by atoms with Crippen molar-refractivity contribution >= 4 is 45.5 Å². The number of imide groups is 1. The maximum atomic E-state index is 14.3.